The molecule has 5 heteroatoms. The Bertz CT molecular complexity index is 368. The van der Waals surface area contributed by atoms with E-state index in [1.807, 2.05) is 12.1 Å². The molecule has 2 atom stereocenters. The molecule has 16 heavy (non-hydrogen) atoms. The summed E-state index contributed by atoms with van der Waals surface area (Å²) in [6, 6.07) is 6.00. The molecule has 2 unspecified atom stereocenters. The highest BCUT2D eigenvalue weighted by atomic mass is 16.5. The van der Waals surface area contributed by atoms with Gasteiger partial charge in [-0.3, -0.25) is 4.79 Å². The molecule has 5 N–H and O–H groups in total. The second-order valence-corrected chi connectivity index (χ2v) is 3.53. The van der Waals surface area contributed by atoms with Crippen molar-refractivity contribution < 1.29 is 14.6 Å². The molecule has 0 heterocycles. The van der Waals surface area contributed by atoms with Gasteiger partial charge in [0.05, 0.1) is 13.5 Å². The van der Waals surface area contributed by atoms with E-state index in [-0.39, 0.29) is 6.42 Å². The number of methoxy groups -OCH3 is 1. The van der Waals surface area contributed by atoms with Crippen molar-refractivity contribution in [3.8, 4) is 5.75 Å². The summed E-state index contributed by atoms with van der Waals surface area (Å²) < 4.78 is 5.14. The van der Waals surface area contributed by atoms with E-state index in [1.54, 1.807) is 12.1 Å². The summed E-state index contributed by atoms with van der Waals surface area (Å²) in [6.45, 7) is 0. The van der Waals surface area contributed by atoms with Crippen LogP contribution < -0.4 is 16.2 Å². The van der Waals surface area contributed by atoms with Crippen molar-refractivity contribution in [2.75, 3.05) is 7.11 Å². The van der Waals surface area contributed by atoms with Crippen LogP contribution in [0.15, 0.2) is 24.3 Å². The maximum Gasteiger partial charge on any atom is 0.304 e. The van der Waals surface area contributed by atoms with E-state index in [1.165, 1.54) is 7.11 Å². The number of rotatable bonds is 5. The van der Waals surface area contributed by atoms with Crippen LogP contribution in [0.4, 0.5) is 0 Å². The van der Waals surface area contributed by atoms with Gasteiger partial charge in [-0.1, -0.05) is 18.2 Å². The molecule has 0 aromatic heterocycles. The van der Waals surface area contributed by atoms with Gasteiger partial charge in [0.2, 0.25) is 0 Å². The smallest absolute Gasteiger partial charge is 0.304 e. The lowest BCUT2D eigenvalue weighted by Gasteiger charge is -2.20. The molecule has 1 aromatic carbocycles. The third-order valence-corrected chi connectivity index (χ3v) is 2.37. The standard InChI is InChI=1S/C11H16N2O3/c1-16-9-5-3-2-4-7(9)11(13)8(12)6-10(14)15/h2-5,8,11H,6,12-13H2,1H3,(H,14,15). The highest BCUT2D eigenvalue weighted by Gasteiger charge is 2.20. The number of aliphatic carboxylic acids is 1. The lowest BCUT2D eigenvalue weighted by molar-refractivity contribution is -0.137. The molecule has 0 aliphatic heterocycles. The van der Waals surface area contributed by atoms with Gasteiger partial charge in [-0.2, -0.15) is 0 Å². The fourth-order valence-corrected chi connectivity index (χ4v) is 1.50. The molecule has 0 saturated carbocycles. The van der Waals surface area contributed by atoms with Crippen molar-refractivity contribution >= 4 is 5.97 Å². The van der Waals surface area contributed by atoms with E-state index in [0.29, 0.717) is 5.75 Å². The Morgan fingerprint density at radius 3 is 2.62 bits per heavy atom. The van der Waals surface area contributed by atoms with Crippen molar-refractivity contribution in [3.05, 3.63) is 29.8 Å². The topological polar surface area (TPSA) is 98.6 Å². The first-order valence-electron chi connectivity index (χ1n) is 4.92. The van der Waals surface area contributed by atoms with E-state index < -0.39 is 18.1 Å². The monoisotopic (exact) mass is 224 g/mol. The molecule has 0 radical (unpaired) electrons. The molecule has 0 spiro atoms. The average Bonchev–Trinajstić information content (AvgIpc) is 2.27. The summed E-state index contributed by atoms with van der Waals surface area (Å²) in [4.78, 5) is 10.5. The maximum atomic E-state index is 10.5. The lowest BCUT2D eigenvalue weighted by atomic mass is 9.98. The molecular formula is C11H16N2O3. The number of hydrogen-bond acceptors (Lipinski definition) is 4. The number of para-hydroxylation sites is 1. The van der Waals surface area contributed by atoms with Gasteiger partial charge in [0.25, 0.3) is 0 Å². The van der Waals surface area contributed by atoms with E-state index in [9.17, 15) is 4.79 Å². The minimum atomic E-state index is -0.960. The van der Waals surface area contributed by atoms with Crippen molar-refractivity contribution in [1.29, 1.82) is 0 Å². The number of carboxylic acid groups (broad SMARTS) is 1. The summed E-state index contributed by atoms with van der Waals surface area (Å²) in [5.41, 5.74) is 12.3. The van der Waals surface area contributed by atoms with Crippen LogP contribution in [0.25, 0.3) is 0 Å². The number of carbonyl (C=O) groups is 1. The first kappa shape index (κ1) is 12.5. The molecular weight excluding hydrogens is 208 g/mol. The van der Waals surface area contributed by atoms with Gasteiger partial charge < -0.3 is 21.3 Å². The number of nitrogens with two attached hydrogens (primary N) is 2. The van der Waals surface area contributed by atoms with Crippen molar-refractivity contribution in [3.63, 3.8) is 0 Å². The van der Waals surface area contributed by atoms with Crippen LogP contribution in [0.2, 0.25) is 0 Å². The zero-order valence-corrected chi connectivity index (χ0v) is 9.09. The first-order valence-corrected chi connectivity index (χ1v) is 4.92. The Morgan fingerprint density at radius 2 is 2.06 bits per heavy atom. The third-order valence-electron chi connectivity index (χ3n) is 2.37. The predicted octanol–water partition coefficient (Wildman–Crippen LogP) is 0.497. The number of carboxylic acids is 1. The Labute approximate surface area is 94.0 Å². The van der Waals surface area contributed by atoms with Gasteiger partial charge in [-0.05, 0) is 6.07 Å². The molecule has 1 rings (SSSR count). The predicted molar refractivity (Wildman–Crippen MR) is 60.2 cm³/mol. The quantitative estimate of drug-likeness (QED) is 0.676. The summed E-state index contributed by atoms with van der Waals surface area (Å²) in [6.07, 6.45) is -0.167. The molecule has 0 saturated heterocycles. The van der Waals surface area contributed by atoms with Crippen LogP contribution in [-0.2, 0) is 4.79 Å². The van der Waals surface area contributed by atoms with Gasteiger partial charge in [-0.15, -0.1) is 0 Å². The minimum Gasteiger partial charge on any atom is -0.496 e. The zero-order valence-electron chi connectivity index (χ0n) is 9.09. The second kappa shape index (κ2) is 5.48. The van der Waals surface area contributed by atoms with Crippen LogP contribution in [-0.4, -0.2) is 24.2 Å². The molecule has 0 bridgehead atoms. The van der Waals surface area contributed by atoms with Crippen LogP contribution in [0, 0.1) is 0 Å². The zero-order chi connectivity index (χ0) is 12.1. The van der Waals surface area contributed by atoms with Crippen LogP contribution >= 0.6 is 0 Å². The Morgan fingerprint density at radius 1 is 1.44 bits per heavy atom. The van der Waals surface area contributed by atoms with Crippen LogP contribution in [0.3, 0.4) is 0 Å². The average molecular weight is 224 g/mol. The van der Waals surface area contributed by atoms with E-state index >= 15 is 0 Å². The molecule has 0 amide bonds. The largest absolute Gasteiger partial charge is 0.496 e. The highest BCUT2D eigenvalue weighted by molar-refractivity contribution is 5.67. The summed E-state index contributed by atoms with van der Waals surface area (Å²) in [5.74, 6) is -0.339. The fourth-order valence-electron chi connectivity index (χ4n) is 1.50. The van der Waals surface area contributed by atoms with Gasteiger partial charge in [0.1, 0.15) is 5.75 Å². The van der Waals surface area contributed by atoms with Gasteiger partial charge >= 0.3 is 5.97 Å². The summed E-state index contributed by atoms with van der Waals surface area (Å²) >= 11 is 0. The second-order valence-electron chi connectivity index (χ2n) is 3.53. The maximum absolute atomic E-state index is 10.5. The molecule has 5 nitrogen and oxygen atoms in total. The Kier molecular flexibility index (Phi) is 4.28. The van der Waals surface area contributed by atoms with Crippen LogP contribution in [0.5, 0.6) is 5.75 Å². The molecule has 0 fully saturated rings. The Balaban J connectivity index is 2.86. The minimum absolute atomic E-state index is 0.167. The first-order chi connectivity index (χ1) is 7.56. The van der Waals surface area contributed by atoms with Gasteiger partial charge in [0.15, 0.2) is 0 Å². The number of ether oxygens (including phenoxy) is 1. The van der Waals surface area contributed by atoms with E-state index in [2.05, 4.69) is 0 Å². The summed E-state index contributed by atoms with van der Waals surface area (Å²) in [7, 11) is 1.54. The molecule has 1 aromatic rings. The third kappa shape index (κ3) is 2.95. The number of benzene rings is 1. The number of hydrogen-bond donors (Lipinski definition) is 3. The van der Waals surface area contributed by atoms with Gasteiger partial charge in [0, 0.05) is 17.6 Å². The Hall–Kier alpha value is -1.59. The van der Waals surface area contributed by atoms with Crippen LogP contribution in [0.1, 0.15) is 18.0 Å². The molecule has 88 valence electrons. The molecule has 0 aliphatic carbocycles. The molecule has 0 aliphatic rings. The highest BCUT2D eigenvalue weighted by Crippen LogP contribution is 2.25. The van der Waals surface area contributed by atoms with E-state index in [4.69, 9.17) is 21.3 Å². The lowest BCUT2D eigenvalue weighted by Crippen LogP contribution is -2.36. The van der Waals surface area contributed by atoms with Gasteiger partial charge in [-0.25, -0.2) is 0 Å². The summed E-state index contributed by atoms with van der Waals surface area (Å²) in [5, 5.41) is 8.64. The van der Waals surface area contributed by atoms with Crippen molar-refractivity contribution in [2.24, 2.45) is 11.5 Å². The SMILES string of the molecule is COc1ccccc1C(N)C(N)CC(=O)O. The van der Waals surface area contributed by atoms with Crippen molar-refractivity contribution in [2.45, 2.75) is 18.5 Å². The van der Waals surface area contributed by atoms with Crippen molar-refractivity contribution in [1.82, 2.24) is 0 Å². The normalized spacial score (nSPS) is 14.2. The van der Waals surface area contributed by atoms with E-state index in [0.717, 1.165) is 5.56 Å². The fraction of sp³-hybridized carbons (Fsp3) is 0.364.